The first-order valence-corrected chi connectivity index (χ1v) is 7.14. The second-order valence-electron chi connectivity index (χ2n) is 5.00. The van der Waals surface area contributed by atoms with Crippen LogP contribution >= 0.6 is 15.9 Å². The molecule has 2 N–H and O–H groups in total. The van der Waals surface area contributed by atoms with Crippen molar-refractivity contribution in [2.24, 2.45) is 11.7 Å². The number of nitrogens with zero attached hydrogens (tertiary/aromatic N) is 1. The molecule has 0 saturated heterocycles. The molecule has 94 valence electrons. The van der Waals surface area contributed by atoms with E-state index in [1.165, 1.54) is 24.1 Å². The maximum atomic E-state index is 5.69. The molecule has 0 bridgehead atoms. The van der Waals surface area contributed by atoms with E-state index in [1.807, 2.05) is 0 Å². The van der Waals surface area contributed by atoms with Crippen molar-refractivity contribution in [3.63, 3.8) is 0 Å². The normalized spacial score (nSPS) is 16.9. The molecule has 2 nitrogen and oxygen atoms in total. The molecular weight excluding hydrogens is 276 g/mol. The average molecular weight is 297 g/mol. The Kier molecular flexibility index (Phi) is 4.10. The number of hydrogen-bond donors (Lipinski definition) is 1. The van der Waals surface area contributed by atoms with Crippen LogP contribution < -0.4 is 10.6 Å². The number of halogens is 1. The number of rotatable bonds is 5. The van der Waals surface area contributed by atoms with Crippen LogP contribution in [0.25, 0.3) is 0 Å². The molecule has 1 saturated carbocycles. The minimum Gasteiger partial charge on any atom is -0.371 e. The highest BCUT2D eigenvalue weighted by atomic mass is 79.9. The molecule has 1 aliphatic carbocycles. The summed E-state index contributed by atoms with van der Waals surface area (Å²) >= 11 is 3.56. The van der Waals surface area contributed by atoms with Crippen LogP contribution in [-0.4, -0.2) is 19.6 Å². The molecule has 1 aromatic carbocycles. The molecule has 1 fully saturated rings. The van der Waals surface area contributed by atoms with Gasteiger partial charge in [-0.3, -0.25) is 0 Å². The topological polar surface area (TPSA) is 29.3 Å². The van der Waals surface area contributed by atoms with Crippen molar-refractivity contribution in [1.29, 1.82) is 0 Å². The monoisotopic (exact) mass is 296 g/mol. The summed E-state index contributed by atoms with van der Waals surface area (Å²) in [6, 6.07) is 7.12. The lowest BCUT2D eigenvalue weighted by atomic mass is 10.1. The lowest BCUT2D eigenvalue weighted by Gasteiger charge is -2.29. The Labute approximate surface area is 112 Å². The molecule has 1 aliphatic rings. The Bertz CT molecular complexity index is 388. The van der Waals surface area contributed by atoms with Crippen molar-refractivity contribution in [2.75, 3.05) is 18.5 Å². The van der Waals surface area contributed by atoms with Crippen LogP contribution in [0.1, 0.15) is 25.3 Å². The van der Waals surface area contributed by atoms with Gasteiger partial charge in [-0.2, -0.15) is 0 Å². The molecule has 3 heteroatoms. The van der Waals surface area contributed by atoms with Crippen LogP contribution in [0.5, 0.6) is 0 Å². The Hall–Kier alpha value is -0.540. The highest BCUT2D eigenvalue weighted by Crippen LogP contribution is 2.37. The first-order chi connectivity index (χ1) is 8.13. The van der Waals surface area contributed by atoms with E-state index in [-0.39, 0.29) is 0 Å². The van der Waals surface area contributed by atoms with Crippen molar-refractivity contribution in [1.82, 2.24) is 0 Å². The zero-order valence-corrected chi connectivity index (χ0v) is 12.2. The van der Waals surface area contributed by atoms with Gasteiger partial charge in [0.25, 0.3) is 0 Å². The highest BCUT2D eigenvalue weighted by molar-refractivity contribution is 9.10. The fourth-order valence-corrected chi connectivity index (χ4v) is 2.70. The molecule has 0 aromatic heterocycles. The van der Waals surface area contributed by atoms with Crippen molar-refractivity contribution >= 4 is 21.6 Å². The summed E-state index contributed by atoms with van der Waals surface area (Å²) in [6.07, 6.45) is 3.71. The van der Waals surface area contributed by atoms with E-state index in [1.54, 1.807) is 0 Å². The van der Waals surface area contributed by atoms with E-state index >= 15 is 0 Å². The molecule has 1 aromatic rings. The van der Waals surface area contributed by atoms with Crippen LogP contribution in [0.2, 0.25) is 0 Å². The maximum absolute atomic E-state index is 5.69. The van der Waals surface area contributed by atoms with E-state index in [2.05, 4.69) is 53.0 Å². The number of benzene rings is 1. The summed E-state index contributed by atoms with van der Waals surface area (Å²) in [6.45, 7) is 3.03. The summed E-state index contributed by atoms with van der Waals surface area (Å²) in [5.74, 6) is 0.879. The van der Waals surface area contributed by atoms with Crippen molar-refractivity contribution < 1.29 is 0 Å². The van der Waals surface area contributed by atoms with Gasteiger partial charge in [0.05, 0.1) is 0 Å². The molecular formula is C14H21BrN2. The zero-order valence-electron chi connectivity index (χ0n) is 10.6. The third-order valence-electron chi connectivity index (χ3n) is 3.76. The van der Waals surface area contributed by atoms with Crippen LogP contribution in [-0.2, 0) is 6.42 Å². The van der Waals surface area contributed by atoms with Gasteiger partial charge in [-0.05, 0) is 56.3 Å². The van der Waals surface area contributed by atoms with Crippen molar-refractivity contribution in [3.8, 4) is 0 Å². The van der Waals surface area contributed by atoms with Gasteiger partial charge in [-0.1, -0.05) is 22.0 Å². The van der Waals surface area contributed by atoms with Gasteiger partial charge in [0.1, 0.15) is 0 Å². The molecule has 0 radical (unpaired) electrons. The van der Waals surface area contributed by atoms with Gasteiger partial charge < -0.3 is 10.6 Å². The van der Waals surface area contributed by atoms with Gasteiger partial charge in [0.15, 0.2) is 0 Å². The Morgan fingerprint density at radius 3 is 2.76 bits per heavy atom. The van der Waals surface area contributed by atoms with Crippen molar-refractivity contribution in [3.05, 3.63) is 28.2 Å². The SMILES string of the molecule is CC(C1CC1)N(C)c1cc(Br)ccc1CCN. The van der Waals surface area contributed by atoms with Crippen LogP contribution in [0.4, 0.5) is 5.69 Å². The second-order valence-corrected chi connectivity index (χ2v) is 5.92. The zero-order chi connectivity index (χ0) is 12.4. The molecule has 1 unspecified atom stereocenters. The summed E-state index contributed by atoms with van der Waals surface area (Å²) in [5.41, 5.74) is 8.36. The molecule has 0 amide bonds. The molecule has 0 heterocycles. The van der Waals surface area contributed by atoms with E-state index in [0.717, 1.165) is 16.8 Å². The van der Waals surface area contributed by atoms with Crippen LogP contribution in [0.3, 0.4) is 0 Å². The van der Waals surface area contributed by atoms with Crippen LogP contribution in [0.15, 0.2) is 22.7 Å². The van der Waals surface area contributed by atoms with E-state index < -0.39 is 0 Å². The first-order valence-electron chi connectivity index (χ1n) is 6.35. The highest BCUT2D eigenvalue weighted by Gasteiger charge is 2.31. The fourth-order valence-electron chi connectivity index (χ4n) is 2.35. The average Bonchev–Trinajstić information content (AvgIpc) is 3.14. The van der Waals surface area contributed by atoms with Gasteiger partial charge >= 0.3 is 0 Å². The lowest BCUT2D eigenvalue weighted by molar-refractivity contribution is 0.607. The second kappa shape index (κ2) is 5.40. The lowest BCUT2D eigenvalue weighted by Crippen LogP contribution is -2.31. The summed E-state index contributed by atoms with van der Waals surface area (Å²) in [7, 11) is 2.20. The Morgan fingerprint density at radius 1 is 1.47 bits per heavy atom. The van der Waals surface area contributed by atoms with Gasteiger partial charge in [0, 0.05) is 23.2 Å². The minimum absolute atomic E-state index is 0.626. The van der Waals surface area contributed by atoms with E-state index in [4.69, 9.17) is 5.73 Å². The number of anilines is 1. The van der Waals surface area contributed by atoms with Gasteiger partial charge in [-0.15, -0.1) is 0 Å². The molecule has 0 aliphatic heterocycles. The number of nitrogens with two attached hydrogens (primary N) is 1. The Balaban J connectivity index is 2.24. The Morgan fingerprint density at radius 2 is 2.18 bits per heavy atom. The molecule has 0 spiro atoms. The first kappa shape index (κ1) is 12.9. The maximum Gasteiger partial charge on any atom is 0.0410 e. The summed E-state index contributed by atoms with van der Waals surface area (Å²) in [5, 5.41) is 0. The smallest absolute Gasteiger partial charge is 0.0410 e. The predicted molar refractivity (Wildman–Crippen MR) is 77.5 cm³/mol. The molecule has 1 atom stereocenters. The third kappa shape index (κ3) is 3.02. The predicted octanol–water partition coefficient (Wildman–Crippen LogP) is 3.19. The van der Waals surface area contributed by atoms with Crippen molar-refractivity contribution in [2.45, 2.75) is 32.2 Å². The summed E-state index contributed by atoms with van der Waals surface area (Å²) < 4.78 is 1.14. The van der Waals surface area contributed by atoms with E-state index in [0.29, 0.717) is 12.6 Å². The standard InChI is InChI=1S/C14H21BrN2/c1-10(11-3-4-11)17(2)14-9-13(15)6-5-12(14)7-8-16/h5-6,9-11H,3-4,7-8,16H2,1-2H3. The van der Waals surface area contributed by atoms with Gasteiger partial charge in [-0.25, -0.2) is 0 Å². The largest absolute Gasteiger partial charge is 0.371 e. The summed E-state index contributed by atoms with van der Waals surface area (Å²) in [4.78, 5) is 2.41. The van der Waals surface area contributed by atoms with E-state index in [9.17, 15) is 0 Å². The quantitative estimate of drug-likeness (QED) is 0.904. The third-order valence-corrected chi connectivity index (χ3v) is 4.25. The minimum atomic E-state index is 0.626. The molecule has 2 rings (SSSR count). The van der Waals surface area contributed by atoms with Gasteiger partial charge in [0.2, 0.25) is 0 Å². The van der Waals surface area contributed by atoms with Crippen LogP contribution in [0, 0.1) is 5.92 Å². The number of hydrogen-bond acceptors (Lipinski definition) is 2. The molecule has 17 heavy (non-hydrogen) atoms. The fraction of sp³-hybridized carbons (Fsp3) is 0.571.